The minimum atomic E-state index is -0.635. The highest BCUT2D eigenvalue weighted by Crippen LogP contribution is 2.29. The van der Waals surface area contributed by atoms with Crippen molar-refractivity contribution in [1.29, 1.82) is 0 Å². The molecular weight excluding hydrogens is 322 g/mol. The van der Waals surface area contributed by atoms with E-state index in [4.69, 9.17) is 18.9 Å². The molecule has 0 aliphatic rings. The molecule has 25 heavy (non-hydrogen) atoms. The Morgan fingerprint density at radius 2 is 1.52 bits per heavy atom. The summed E-state index contributed by atoms with van der Waals surface area (Å²) in [6.45, 7) is 1.89. The van der Waals surface area contributed by atoms with Gasteiger partial charge in [-0.15, -0.1) is 0 Å². The van der Waals surface area contributed by atoms with E-state index in [1.165, 1.54) is 0 Å². The van der Waals surface area contributed by atoms with Gasteiger partial charge in [0.25, 0.3) is 5.91 Å². The van der Waals surface area contributed by atoms with E-state index in [0.29, 0.717) is 29.4 Å². The summed E-state index contributed by atoms with van der Waals surface area (Å²) in [6, 6.07) is 12.3. The molecule has 1 N–H and O–H groups in total. The fourth-order valence-corrected chi connectivity index (χ4v) is 2.27. The molecule has 6 heteroatoms. The molecule has 0 spiro atoms. The minimum absolute atomic E-state index is 0.259. The van der Waals surface area contributed by atoms with Crippen LogP contribution in [0.1, 0.15) is 13.3 Å². The highest BCUT2D eigenvalue weighted by molar-refractivity contribution is 5.95. The van der Waals surface area contributed by atoms with Crippen LogP contribution in [0.25, 0.3) is 0 Å². The van der Waals surface area contributed by atoms with Gasteiger partial charge in [0.2, 0.25) is 0 Å². The number of carbonyl (C=O) groups is 1. The van der Waals surface area contributed by atoms with Crippen LogP contribution in [0.3, 0.4) is 0 Å². The molecule has 134 valence electrons. The fraction of sp³-hybridized carbons (Fsp3) is 0.316. The van der Waals surface area contributed by atoms with E-state index in [0.717, 1.165) is 5.75 Å². The van der Waals surface area contributed by atoms with Crippen molar-refractivity contribution in [3.63, 3.8) is 0 Å². The summed E-state index contributed by atoms with van der Waals surface area (Å²) >= 11 is 0. The highest BCUT2D eigenvalue weighted by Gasteiger charge is 2.20. The van der Waals surface area contributed by atoms with Gasteiger partial charge in [-0.2, -0.15) is 0 Å². The van der Waals surface area contributed by atoms with E-state index in [2.05, 4.69) is 5.32 Å². The summed E-state index contributed by atoms with van der Waals surface area (Å²) < 4.78 is 21.4. The van der Waals surface area contributed by atoms with Gasteiger partial charge in [-0.3, -0.25) is 4.79 Å². The molecule has 2 aromatic carbocycles. The van der Waals surface area contributed by atoms with Crippen LogP contribution in [0.5, 0.6) is 23.0 Å². The van der Waals surface area contributed by atoms with Crippen LogP contribution in [0.15, 0.2) is 42.5 Å². The Hall–Kier alpha value is -2.89. The minimum Gasteiger partial charge on any atom is -0.497 e. The summed E-state index contributed by atoms with van der Waals surface area (Å²) in [7, 11) is 4.71. The normalized spacial score (nSPS) is 11.4. The van der Waals surface area contributed by atoms with Gasteiger partial charge >= 0.3 is 0 Å². The number of hydrogen-bond donors (Lipinski definition) is 1. The second-order valence-corrected chi connectivity index (χ2v) is 5.25. The van der Waals surface area contributed by atoms with Gasteiger partial charge in [0.1, 0.15) is 23.0 Å². The summed E-state index contributed by atoms with van der Waals surface area (Å²) in [6.07, 6.45) is -0.117. The Kier molecular flexibility index (Phi) is 6.51. The molecule has 0 heterocycles. The van der Waals surface area contributed by atoms with Crippen molar-refractivity contribution < 1.29 is 23.7 Å². The van der Waals surface area contributed by atoms with Crippen LogP contribution in [0, 0.1) is 0 Å². The predicted octanol–water partition coefficient (Wildman–Crippen LogP) is 3.51. The Morgan fingerprint density at radius 3 is 2.08 bits per heavy atom. The van der Waals surface area contributed by atoms with E-state index in [1.807, 2.05) is 6.92 Å². The lowest BCUT2D eigenvalue weighted by Gasteiger charge is -2.19. The molecule has 0 bridgehead atoms. The summed E-state index contributed by atoms with van der Waals surface area (Å²) in [4.78, 5) is 12.6. The predicted molar refractivity (Wildman–Crippen MR) is 95.9 cm³/mol. The van der Waals surface area contributed by atoms with Gasteiger partial charge < -0.3 is 24.3 Å². The third-order valence-corrected chi connectivity index (χ3v) is 3.67. The highest BCUT2D eigenvalue weighted by atomic mass is 16.5. The number of anilines is 1. The van der Waals surface area contributed by atoms with Crippen molar-refractivity contribution >= 4 is 11.6 Å². The van der Waals surface area contributed by atoms with Crippen molar-refractivity contribution in [2.75, 3.05) is 26.6 Å². The van der Waals surface area contributed by atoms with Crippen LogP contribution in [0.4, 0.5) is 5.69 Å². The average Bonchev–Trinajstić information content (AvgIpc) is 2.66. The third kappa shape index (κ3) is 4.79. The summed E-state index contributed by atoms with van der Waals surface area (Å²) in [5.41, 5.74) is 0.531. The second-order valence-electron chi connectivity index (χ2n) is 5.25. The molecule has 6 nitrogen and oxygen atoms in total. The first-order valence-electron chi connectivity index (χ1n) is 7.94. The lowest BCUT2D eigenvalue weighted by Crippen LogP contribution is -2.32. The fourth-order valence-electron chi connectivity index (χ4n) is 2.27. The molecule has 0 radical (unpaired) electrons. The van der Waals surface area contributed by atoms with Crippen molar-refractivity contribution in [2.24, 2.45) is 0 Å². The SMILES string of the molecule is CC[C@H](Oc1ccc(OC)cc1)C(=O)Nc1cc(OC)ccc1OC. The smallest absolute Gasteiger partial charge is 0.265 e. The number of carbonyl (C=O) groups excluding carboxylic acids is 1. The number of nitrogens with one attached hydrogen (secondary N) is 1. The van der Waals surface area contributed by atoms with Gasteiger partial charge in [0.05, 0.1) is 27.0 Å². The van der Waals surface area contributed by atoms with Crippen LogP contribution in [0.2, 0.25) is 0 Å². The lowest BCUT2D eigenvalue weighted by atomic mass is 10.2. The number of ether oxygens (including phenoxy) is 4. The molecule has 2 aromatic rings. The van der Waals surface area contributed by atoms with Crippen molar-refractivity contribution in [2.45, 2.75) is 19.4 Å². The second kappa shape index (κ2) is 8.82. The first kappa shape index (κ1) is 18.4. The molecule has 0 saturated carbocycles. The maximum Gasteiger partial charge on any atom is 0.265 e. The largest absolute Gasteiger partial charge is 0.497 e. The first-order chi connectivity index (χ1) is 12.1. The third-order valence-electron chi connectivity index (χ3n) is 3.67. The van der Waals surface area contributed by atoms with Gasteiger partial charge in [-0.25, -0.2) is 0 Å². The van der Waals surface area contributed by atoms with E-state index in [9.17, 15) is 4.79 Å². The standard InChI is InChI=1S/C19H23NO5/c1-5-17(25-14-8-6-13(22-2)7-9-14)19(21)20-16-12-15(23-3)10-11-18(16)24-4/h6-12,17H,5H2,1-4H3,(H,20,21)/t17-/m0/s1. The Labute approximate surface area is 147 Å². The quantitative estimate of drug-likeness (QED) is 0.793. The van der Waals surface area contributed by atoms with E-state index < -0.39 is 6.10 Å². The lowest BCUT2D eigenvalue weighted by molar-refractivity contribution is -0.122. The van der Waals surface area contributed by atoms with Gasteiger partial charge in [-0.1, -0.05) is 6.92 Å². The first-order valence-corrected chi connectivity index (χ1v) is 7.94. The summed E-state index contributed by atoms with van der Waals surface area (Å²) in [5, 5.41) is 2.84. The van der Waals surface area contributed by atoms with Crippen molar-refractivity contribution in [3.05, 3.63) is 42.5 Å². The molecule has 0 aliphatic heterocycles. The number of hydrogen-bond acceptors (Lipinski definition) is 5. The van der Waals surface area contributed by atoms with Crippen LogP contribution in [-0.4, -0.2) is 33.3 Å². The van der Waals surface area contributed by atoms with Crippen LogP contribution >= 0.6 is 0 Å². The molecular formula is C19H23NO5. The molecule has 1 amide bonds. The topological polar surface area (TPSA) is 66.0 Å². The maximum atomic E-state index is 12.6. The van der Waals surface area contributed by atoms with Crippen LogP contribution < -0.4 is 24.3 Å². The molecule has 2 rings (SSSR count). The van der Waals surface area contributed by atoms with Crippen molar-refractivity contribution in [1.82, 2.24) is 0 Å². The number of benzene rings is 2. The zero-order valence-electron chi connectivity index (χ0n) is 14.9. The zero-order valence-corrected chi connectivity index (χ0v) is 14.9. The monoisotopic (exact) mass is 345 g/mol. The number of amides is 1. The zero-order chi connectivity index (χ0) is 18.2. The van der Waals surface area contributed by atoms with Crippen molar-refractivity contribution in [3.8, 4) is 23.0 Å². The molecule has 0 unspecified atom stereocenters. The van der Waals surface area contributed by atoms with E-state index in [-0.39, 0.29) is 5.91 Å². The number of methoxy groups -OCH3 is 3. The maximum absolute atomic E-state index is 12.6. The number of rotatable bonds is 8. The molecule has 1 atom stereocenters. The molecule has 0 saturated heterocycles. The van der Waals surface area contributed by atoms with Gasteiger partial charge in [0, 0.05) is 6.07 Å². The Morgan fingerprint density at radius 1 is 0.920 bits per heavy atom. The summed E-state index contributed by atoms with van der Waals surface area (Å²) in [5.74, 6) is 2.24. The molecule has 0 aliphatic carbocycles. The Balaban J connectivity index is 2.11. The van der Waals surface area contributed by atoms with Crippen LogP contribution in [-0.2, 0) is 4.79 Å². The Bertz CT molecular complexity index is 699. The average molecular weight is 345 g/mol. The molecule has 0 fully saturated rings. The van der Waals surface area contributed by atoms with Gasteiger partial charge in [0.15, 0.2) is 6.10 Å². The van der Waals surface area contributed by atoms with E-state index in [1.54, 1.807) is 63.8 Å². The molecule has 0 aromatic heterocycles. The van der Waals surface area contributed by atoms with E-state index >= 15 is 0 Å². The van der Waals surface area contributed by atoms with Gasteiger partial charge in [-0.05, 0) is 42.8 Å².